The Bertz CT molecular complexity index is 378. The number of amides is 1. The average molecular weight is 258 g/mol. The lowest BCUT2D eigenvalue weighted by atomic mass is 10.1. The van der Waals surface area contributed by atoms with E-state index in [0.29, 0.717) is 0 Å². The first-order valence-electron chi connectivity index (χ1n) is 5.60. The smallest absolute Gasteiger partial charge is 0.238 e. The van der Waals surface area contributed by atoms with Crippen LogP contribution < -0.4 is 0 Å². The highest BCUT2D eigenvalue weighted by Gasteiger charge is 2.23. The van der Waals surface area contributed by atoms with Crippen molar-refractivity contribution in [2.24, 2.45) is 0 Å². The molecule has 0 spiro atoms. The molecule has 1 atom stereocenters. The van der Waals surface area contributed by atoms with Gasteiger partial charge < -0.3 is 4.90 Å². The van der Waals surface area contributed by atoms with Crippen LogP contribution in [0, 0.1) is 5.82 Å². The second kappa shape index (κ2) is 6.01. The van der Waals surface area contributed by atoms with Crippen molar-refractivity contribution < 1.29 is 9.18 Å². The van der Waals surface area contributed by atoms with Gasteiger partial charge in [-0.1, -0.05) is 12.1 Å². The van der Waals surface area contributed by atoms with Gasteiger partial charge in [0.15, 0.2) is 0 Å². The van der Waals surface area contributed by atoms with E-state index in [9.17, 15) is 9.18 Å². The van der Waals surface area contributed by atoms with Crippen molar-refractivity contribution in [2.45, 2.75) is 32.9 Å². The van der Waals surface area contributed by atoms with Gasteiger partial charge in [0.1, 0.15) is 11.7 Å². The Balaban J connectivity index is 2.95. The van der Waals surface area contributed by atoms with E-state index >= 15 is 0 Å². The van der Waals surface area contributed by atoms with Crippen LogP contribution in [0.5, 0.6) is 0 Å². The predicted octanol–water partition coefficient (Wildman–Crippen LogP) is 3.36. The Morgan fingerprint density at radius 2 is 1.82 bits per heavy atom. The van der Waals surface area contributed by atoms with Gasteiger partial charge in [0.25, 0.3) is 0 Å². The first-order chi connectivity index (χ1) is 7.97. The summed E-state index contributed by atoms with van der Waals surface area (Å²) in [4.78, 5) is 13.5. The highest BCUT2D eigenvalue weighted by molar-refractivity contribution is 6.27. The van der Waals surface area contributed by atoms with Crippen molar-refractivity contribution in [3.63, 3.8) is 0 Å². The minimum atomic E-state index is -0.277. The van der Waals surface area contributed by atoms with E-state index < -0.39 is 0 Å². The summed E-state index contributed by atoms with van der Waals surface area (Å²) in [5, 5.41) is 0. The van der Waals surface area contributed by atoms with Crippen molar-refractivity contribution in [2.75, 3.05) is 5.88 Å². The van der Waals surface area contributed by atoms with Crippen LogP contribution in [0.4, 0.5) is 4.39 Å². The summed E-state index contributed by atoms with van der Waals surface area (Å²) in [5.41, 5.74) is 0.901. The number of nitrogens with zero attached hydrogens (tertiary/aromatic N) is 1. The molecule has 1 aromatic carbocycles. The maximum absolute atomic E-state index is 12.8. The molecule has 0 N–H and O–H groups in total. The summed E-state index contributed by atoms with van der Waals surface area (Å²) in [5.74, 6) is -0.428. The number of rotatable bonds is 4. The second-order valence-corrected chi connectivity index (χ2v) is 4.52. The van der Waals surface area contributed by atoms with Gasteiger partial charge >= 0.3 is 0 Å². The van der Waals surface area contributed by atoms with Crippen molar-refractivity contribution in [3.05, 3.63) is 35.6 Å². The zero-order valence-corrected chi connectivity index (χ0v) is 11.0. The molecule has 1 rings (SSSR count). The SMILES string of the molecule is CC(C)N(C(=O)CCl)C(C)c1ccc(F)cc1. The second-order valence-electron chi connectivity index (χ2n) is 4.26. The number of carbonyl (C=O) groups is 1. The van der Waals surface area contributed by atoms with Crippen LogP contribution in [0.2, 0.25) is 0 Å². The van der Waals surface area contributed by atoms with E-state index in [4.69, 9.17) is 11.6 Å². The molecule has 0 aromatic heterocycles. The third-order valence-corrected chi connectivity index (χ3v) is 2.96. The molecule has 0 aliphatic carbocycles. The third kappa shape index (κ3) is 3.43. The molecule has 17 heavy (non-hydrogen) atoms. The van der Waals surface area contributed by atoms with Gasteiger partial charge in [-0.05, 0) is 38.5 Å². The molecule has 94 valence electrons. The van der Waals surface area contributed by atoms with Crippen LogP contribution >= 0.6 is 11.6 Å². The molecule has 1 amide bonds. The minimum absolute atomic E-state index is 0.0380. The van der Waals surface area contributed by atoms with Crippen LogP contribution in [0.25, 0.3) is 0 Å². The lowest BCUT2D eigenvalue weighted by molar-refractivity contribution is -0.132. The maximum Gasteiger partial charge on any atom is 0.238 e. The highest BCUT2D eigenvalue weighted by Crippen LogP contribution is 2.23. The van der Waals surface area contributed by atoms with Gasteiger partial charge in [0, 0.05) is 6.04 Å². The average Bonchev–Trinajstić information content (AvgIpc) is 2.29. The van der Waals surface area contributed by atoms with Crippen LogP contribution in [-0.4, -0.2) is 22.7 Å². The summed E-state index contributed by atoms with van der Waals surface area (Å²) < 4.78 is 12.8. The highest BCUT2D eigenvalue weighted by atomic mass is 35.5. The number of benzene rings is 1. The fourth-order valence-electron chi connectivity index (χ4n) is 1.92. The zero-order chi connectivity index (χ0) is 13.0. The first-order valence-corrected chi connectivity index (χ1v) is 6.13. The van der Waals surface area contributed by atoms with Gasteiger partial charge in [-0.2, -0.15) is 0 Å². The molecule has 1 aromatic rings. The molecular weight excluding hydrogens is 241 g/mol. The fraction of sp³-hybridized carbons (Fsp3) is 0.462. The molecular formula is C13H17ClFNO. The van der Waals surface area contributed by atoms with E-state index in [2.05, 4.69) is 0 Å². The van der Waals surface area contributed by atoms with Crippen molar-refractivity contribution >= 4 is 17.5 Å². The van der Waals surface area contributed by atoms with Crippen LogP contribution in [0.3, 0.4) is 0 Å². The van der Waals surface area contributed by atoms with Gasteiger partial charge in [-0.25, -0.2) is 4.39 Å². The Morgan fingerprint density at radius 1 is 1.29 bits per heavy atom. The van der Waals surface area contributed by atoms with Gasteiger partial charge in [0.05, 0.1) is 6.04 Å². The summed E-state index contributed by atoms with van der Waals surface area (Å²) >= 11 is 5.60. The van der Waals surface area contributed by atoms with Gasteiger partial charge in [-0.3, -0.25) is 4.79 Å². The van der Waals surface area contributed by atoms with Crippen LogP contribution in [-0.2, 0) is 4.79 Å². The van der Waals surface area contributed by atoms with Crippen molar-refractivity contribution in [1.82, 2.24) is 4.90 Å². The molecule has 1 unspecified atom stereocenters. The molecule has 0 fully saturated rings. The third-order valence-electron chi connectivity index (χ3n) is 2.73. The minimum Gasteiger partial charge on any atom is -0.332 e. The zero-order valence-electron chi connectivity index (χ0n) is 10.3. The first kappa shape index (κ1) is 14.0. The summed E-state index contributed by atoms with van der Waals surface area (Å²) in [6, 6.07) is 6.13. The van der Waals surface area contributed by atoms with E-state index in [1.807, 2.05) is 20.8 Å². The normalized spacial score (nSPS) is 12.6. The Hall–Kier alpha value is -1.09. The molecule has 0 bridgehead atoms. The quantitative estimate of drug-likeness (QED) is 0.758. The summed E-state index contributed by atoms with van der Waals surface area (Å²) in [7, 11) is 0. The van der Waals surface area contributed by atoms with Crippen molar-refractivity contribution in [1.29, 1.82) is 0 Å². The number of hydrogen-bond donors (Lipinski definition) is 0. The van der Waals surface area contributed by atoms with E-state index in [-0.39, 0.29) is 29.7 Å². The molecule has 0 saturated carbocycles. The molecule has 0 saturated heterocycles. The molecule has 0 aliphatic rings. The summed E-state index contributed by atoms with van der Waals surface area (Å²) in [6.07, 6.45) is 0. The molecule has 0 aliphatic heterocycles. The fourth-order valence-corrected chi connectivity index (χ4v) is 2.06. The lowest BCUT2D eigenvalue weighted by Gasteiger charge is -2.32. The lowest BCUT2D eigenvalue weighted by Crippen LogP contribution is -2.39. The Kier molecular flexibility index (Phi) is 4.94. The topological polar surface area (TPSA) is 20.3 Å². The van der Waals surface area contributed by atoms with Gasteiger partial charge in [-0.15, -0.1) is 11.6 Å². The molecule has 2 nitrogen and oxygen atoms in total. The largest absolute Gasteiger partial charge is 0.332 e. The molecule has 0 radical (unpaired) electrons. The standard InChI is InChI=1S/C13H17ClFNO/c1-9(2)16(13(17)8-14)10(3)11-4-6-12(15)7-5-11/h4-7,9-10H,8H2,1-3H3. The number of halogens is 2. The number of carbonyl (C=O) groups excluding carboxylic acids is 1. The van der Waals surface area contributed by atoms with E-state index in [1.54, 1.807) is 17.0 Å². The Labute approximate surface area is 106 Å². The Morgan fingerprint density at radius 3 is 2.24 bits per heavy atom. The maximum atomic E-state index is 12.8. The molecule has 0 heterocycles. The van der Waals surface area contributed by atoms with Gasteiger partial charge in [0.2, 0.25) is 5.91 Å². The van der Waals surface area contributed by atoms with Crippen molar-refractivity contribution in [3.8, 4) is 0 Å². The van der Waals surface area contributed by atoms with E-state index in [0.717, 1.165) is 5.56 Å². The van der Waals surface area contributed by atoms with E-state index in [1.165, 1.54) is 12.1 Å². The molecule has 4 heteroatoms. The van der Waals surface area contributed by atoms with Crippen LogP contribution in [0.15, 0.2) is 24.3 Å². The number of hydrogen-bond acceptors (Lipinski definition) is 1. The van der Waals surface area contributed by atoms with Crippen LogP contribution in [0.1, 0.15) is 32.4 Å². The monoisotopic (exact) mass is 257 g/mol. The summed E-state index contributed by atoms with van der Waals surface area (Å²) in [6.45, 7) is 5.78. The predicted molar refractivity (Wildman–Crippen MR) is 67.5 cm³/mol. The number of alkyl halides is 1.